The molecule has 1 N–H and O–H groups in total. The number of hydrogen-bond acceptors (Lipinski definition) is 2. The zero-order chi connectivity index (χ0) is 13.7. The van der Waals surface area contributed by atoms with Crippen LogP contribution in [0.2, 0.25) is 5.02 Å². The molecule has 0 aliphatic rings. The molecule has 20 heavy (non-hydrogen) atoms. The van der Waals surface area contributed by atoms with Crippen LogP contribution in [-0.4, -0.2) is 17.1 Å². The first-order chi connectivity index (χ1) is 9.76. The van der Waals surface area contributed by atoms with E-state index in [1.165, 1.54) is 0 Å². The minimum atomic E-state index is 0.711. The van der Waals surface area contributed by atoms with E-state index in [2.05, 4.69) is 9.97 Å². The first-order valence-corrected chi connectivity index (χ1v) is 6.68. The van der Waals surface area contributed by atoms with Crippen LogP contribution in [0, 0.1) is 0 Å². The van der Waals surface area contributed by atoms with Crippen molar-refractivity contribution in [1.82, 2.24) is 9.97 Å². The van der Waals surface area contributed by atoms with Crippen molar-refractivity contribution in [2.24, 2.45) is 0 Å². The summed E-state index contributed by atoms with van der Waals surface area (Å²) in [6, 6.07) is 11.7. The maximum atomic E-state index is 6.10. The molecule has 4 aromatic rings. The van der Waals surface area contributed by atoms with Crippen molar-refractivity contribution in [3.8, 4) is 5.75 Å². The largest absolute Gasteiger partial charge is 0.497 e. The third-order valence-corrected chi connectivity index (χ3v) is 3.84. The van der Waals surface area contributed by atoms with E-state index in [4.69, 9.17) is 16.3 Å². The molecule has 0 saturated carbocycles. The zero-order valence-electron chi connectivity index (χ0n) is 10.8. The lowest BCUT2D eigenvalue weighted by molar-refractivity contribution is 0.415. The second-order valence-electron chi connectivity index (χ2n) is 4.74. The van der Waals surface area contributed by atoms with E-state index in [9.17, 15) is 0 Å². The van der Waals surface area contributed by atoms with E-state index in [0.29, 0.717) is 5.02 Å². The molecule has 4 rings (SSSR count). The molecule has 2 aromatic heterocycles. The predicted molar refractivity (Wildman–Crippen MR) is 82.7 cm³/mol. The van der Waals surface area contributed by atoms with Gasteiger partial charge in [-0.25, -0.2) is 0 Å². The van der Waals surface area contributed by atoms with Crippen molar-refractivity contribution < 1.29 is 4.74 Å². The monoisotopic (exact) mass is 282 g/mol. The van der Waals surface area contributed by atoms with Gasteiger partial charge in [-0.1, -0.05) is 11.6 Å². The summed E-state index contributed by atoms with van der Waals surface area (Å²) in [6.45, 7) is 0. The number of nitrogens with zero attached hydrogens (tertiary/aromatic N) is 1. The molecule has 0 aliphatic heterocycles. The first kappa shape index (κ1) is 11.6. The second-order valence-corrected chi connectivity index (χ2v) is 5.18. The number of ether oxygens (including phenoxy) is 1. The maximum Gasteiger partial charge on any atom is 0.119 e. The Kier molecular flexibility index (Phi) is 2.38. The van der Waals surface area contributed by atoms with Gasteiger partial charge in [0.05, 0.1) is 18.1 Å². The van der Waals surface area contributed by atoms with Crippen molar-refractivity contribution in [3.05, 3.63) is 47.6 Å². The molecule has 0 bridgehead atoms. The molecule has 98 valence electrons. The Balaban J connectivity index is 2.20. The lowest BCUT2D eigenvalue weighted by atomic mass is 10.1. The molecule has 0 spiro atoms. The normalized spacial score (nSPS) is 11.5. The van der Waals surface area contributed by atoms with Gasteiger partial charge >= 0.3 is 0 Å². The molecular weight excluding hydrogens is 272 g/mol. The van der Waals surface area contributed by atoms with Crippen molar-refractivity contribution >= 4 is 44.3 Å². The van der Waals surface area contributed by atoms with Crippen LogP contribution in [-0.2, 0) is 0 Å². The number of fused-ring (bicyclic) bond motifs is 5. The fraction of sp³-hybridized carbons (Fsp3) is 0.0625. The van der Waals surface area contributed by atoms with E-state index in [1.54, 1.807) is 7.11 Å². The highest BCUT2D eigenvalue weighted by Gasteiger charge is 2.09. The number of H-pyrrole nitrogens is 1. The van der Waals surface area contributed by atoms with E-state index >= 15 is 0 Å². The molecule has 4 heteroatoms. The second kappa shape index (κ2) is 4.12. The van der Waals surface area contributed by atoms with Gasteiger partial charge in [0.25, 0.3) is 0 Å². The summed E-state index contributed by atoms with van der Waals surface area (Å²) in [5.41, 5.74) is 3.05. The Hall–Kier alpha value is -2.26. The van der Waals surface area contributed by atoms with Gasteiger partial charge in [0.2, 0.25) is 0 Å². The molecule has 2 heterocycles. The number of halogens is 1. The third kappa shape index (κ3) is 1.57. The quantitative estimate of drug-likeness (QED) is 0.557. The molecule has 3 nitrogen and oxygen atoms in total. The topological polar surface area (TPSA) is 37.9 Å². The number of aromatic amines is 1. The van der Waals surface area contributed by atoms with Gasteiger partial charge in [-0.3, -0.25) is 4.98 Å². The molecule has 0 aliphatic carbocycles. The maximum absolute atomic E-state index is 6.10. The number of benzene rings is 2. The van der Waals surface area contributed by atoms with Crippen LogP contribution in [0.4, 0.5) is 0 Å². The van der Waals surface area contributed by atoms with Gasteiger partial charge in [-0.15, -0.1) is 0 Å². The van der Waals surface area contributed by atoms with Crippen molar-refractivity contribution in [2.75, 3.05) is 7.11 Å². The van der Waals surface area contributed by atoms with Gasteiger partial charge in [-0.05, 0) is 36.4 Å². The molecule has 0 fully saturated rings. The summed E-state index contributed by atoms with van der Waals surface area (Å²) in [7, 11) is 1.67. The highest BCUT2D eigenvalue weighted by Crippen LogP contribution is 2.32. The minimum absolute atomic E-state index is 0.711. The molecule has 0 radical (unpaired) electrons. The summed E-state index contributed by atoms with van der Waals surface area (Å²) in [6.07, 6.45) is 1.89. The summed E-state index contributed by atoms with van der Waals surface area (Å²) < 4.78 is 5.29. The number of methoxy groups -OCH3 is 1. The van der Waals surface area contributed by atoms with Crippen LogP contribution in [0.25, 0.3) is 32.7 Å². The van der Waals surface area contributed by atoms with E-state index in [1.807, 2.05) is 42.6 Å². The van der Waals surface area contributed by atoms with Crippen molar-refractivity contribution in [2.45, 2.75) is 0 Å². The minimum Gasteiger partial charge on any atom is -0.497 e. The van der Waals surface area contributed by atoms with Crippen LogP contribution < -0.4 is 4.74 Å². The first-order valence-electron chi connectivity index (χ1n) is 6.30. The zero-order valence-corrected chi connectivity index (χ0v) is 11.5. The van der Waals surface area contributed by atoms with Crippen LogP contribution in [0.1, 0.15) is 0 Å². The van der Waals surface area contributed by atoms with Crippen LogP contribution in [0.3, 0.4) is 0 Å². The predicted octanol–water partition coefficient (Wildman–Crippen LogP) is 4.53. The summed E-state index contributed by atoms with van der Waals surface area (Å²) in [5, 5.41) is 3.93. The Morgan fingerprint density at radius 3 is 2.80 bits per heavy atom. The summed E-state index contributed by atoms with van der Waals surface area (Å²) >= 11 is 6.10. The van der Waals surface area contributed by atoms with E-state index in [0.717, 1.165) is 38.5 Å². The highest BCUT2D eigenvalue weighted by molar-refractivity contribution is 6.32. The fourth-order valence-corrected chi connectivity index (χ4v) is 2.79. The SMILES string of the molecule is COc1ccc2[nH]c3c4cc(Cl)ccc4ncc3c2c1. The van der Waals surface area contributed by atoms with Gasteiger partial charge < -0.3 is 9.72 Å². The van der Waals surface area contributed by atoms with Gasteiger partial charge in [0.15, 0.2) is 0 Å². The van der Waals surface area contributed by atoms with Crippen LogP contribution >= 0.6 is 11.6 Å². The number of hydrogen-bond donors (Lipinski definition) is 1. The van der Waals surface area contributed by atoms with Gasteiger partial charge in [0, 0.05) is 32.9 Å². The van der Waals surface area contributed by atoms with E-state index < -0.39 is 0 Å². The Bertz CT molecular complexity index is 959. The molecule has 0 amide bonds. The van der Waals surface area contributed by atoms with E-state index in [-0.39, 0.29) is 0 Å². The lowest BCUT2D eigenvalue weighted by Crippen LogP contribution is -1.81. The molecule has 2 aromatic carbocycles. The number of rotatable bonds is 1. The lowest BCUT2D eigenvalue weighted by Gasteiger charge is -2.00. The van der Waals surface area contributed by atoms with Gasteiger partial charge in [0.1, 0.15) is 5.75 Å². The Morgan fingerprint density at radius 2 is 1.95 bits per heavy atom. The van der Waals surface area contributed by atoms with Crippen molar-refractivity contribution in [3.63, 3.8) is 0 Å². The number of pyridine rings is 1. The third-order valence-electron chi connectivity index (χ3n) is 3.61. The van der Waals surface area contributed by atoms with Gasteiger partial charge in [-0.2, -0.15) is 0 Å². The smallest absolute Gasteiger partial charge is 0.119 e. The molecule has 0 atom stereocenters. The Morgan fingerprint density at radius 1 is 1.05 bits per heavy atom. The van der Waals surface area contributed by atoms with Crippen LogP contribution in [0.5, 0.6) is 5.75 Å². The highest BCUT2D eigenvalue weighted by atomic mass is 35.5. The molecular formula is C16H11ClN2O. The summed E-state index contributed by atoms with van der Waals surface area (Å²) in [4.78, 5) is 7.95. The van der Waals surface area contributed by atoms with Crippen molar-refractivity contribution in [1.29, 1.82) is 0 Å². The average Bonchev–Trinajstić information content (AvgIpc) is 2.85. The molecule has 0 saturated heterocycles. The fourth-order valence-electron chi connectivity index (χ4n) is 2.62. The van der Waals surface area contributed by atoms with Crippen LogP contribution in [0.15, 0.2) is 42.6 Å². The number of aromatic nitrogens is 2. The average molecular weight is 283 g/mol. The summed E-state index contributed by atoms with van der Waals surface area (Å²) in [5.74, 6) is 0.838. The standard InChI is InChI=1S/C16H11ClN2O/c1-20-10-3-5-15-11(7-10)13-8-18-14-4-2-9(17)6-12(14)16(13)19-15/h2-8,19H,1H3. The number of nitrogens with one attached hydrogen (secondary N) is 1. The Labute approximate surface area is 120 Å². The molecule has 0 unspecified atom stereocenters.